The first kappa shape index (κ1) is 19.3. The Kier molecular flexibility index (Phi) is 5.56. The van der Waals surface area contributed by atoms with E-state index < -0.39 is 33.3 Å². The summed E-state index contributed by atoms with van der Waals surface area (Å²) in [5.41, 5.74) is -0.0709. The van der Waals surface area contributed by atoms with Gasteiger partial charge in [0.05, 0.1) is 22.6 Å². The van der Waals surface area contributed by atoms with Crippen LogP contribution in [0.4, 0.5) is 15.8 Å². The summed E-state index contributed by atoms with van der Waals surface area (Å²) in [5.74, 6) is -1.44. The van der Waals surface area contributed by atoms with Crippen LogP contribution in [0.5, 0.6) is 0 Å². The second kappa shape index (κ2) is 7.48. The third-order valence-electron chi connectivity index (χ3n) is 3.58. The maximum atomic E-state index is 13.1. The van der Waals surface area contributed by atoms with Crippen LogP contribution in [0.2, 0.25) is 0 Å². The van der Waals surface area contributed by atoms with E-state index in [-0.39, 0.29) is 21.8 Å². The van der Waals surface area contributed by atoms with Gasteiger partial charge in [0.25, 0.3) is 15.7 Å². The quantitative estimate of drug-likeness (QED) is 0.431. The molecule has 0 spiro atoms. The smallest absolute Gasteiger partial charge is 0.326 e. The summed E-state index contributed by atoms with van der Waals surface area (Å²) in [6.45, 7) is 0.798. The Morgan fingerprint density at radius 1 is 1.23 bits per heavy atom. The number of nitrogens with zero attached hydrogens (tertiary/aromatic N) is 2. The monoisotopic (exact) mass is 382 g/mol. The number of esters is 1. The average Bonchev–Trinajstić information content (AvgIpc) is 2.60. The Labute approximate surface area is 149 Å². The molecule has 0 aromatic heterocycles. The van der Waals surface area contributed by atoms with Crippen molar-refractivity contribution >= 4 is 27.4 Å². The first-order valence-electron chi connectivity index (χ1n) is 7.27. The molecule has 0 saturated carbocycles. The predicted molar refractivity (Wildman–Crippen MR) is 90.8 cm³/mol. The van der Waals surface area contributed by atoms with Gasteiger partial charge in [-0.25, -0.2) is 12.8 Å². The molecule has 10 heteroatoms. The molecule has 8 nitrogen and oxygen atoms in total. The molecule has 2 aromatic carbocycles. The Balaban J connectivity index is 2.58. The highest BCUT2D eigenvalue weighted by Crippen LogP contribution is 2.28. The zero-order valence-electron chi connectivity index (χ0n) is 13.9. The van der Waals surface area contributed by atoms with Gasteiger partial charge >= 0.3 is 5.97 Å². The first-order chi connectivity index (χ1) is 12.2. The second-order valence-electron chi connectivity index (χ2n) is 5.27. The van der Waals surface area contributed by atoms with E-state index >= 15 is 0 Å². The van der Waals surface area contributed by atoms with Crippen molar-refractivity contribution < 1.29 is 27.3 Å². The van der Waals surface area contributed by atoms with Crippen molar-refractivity contribution in [1.82, 2.24) is 0 Å². The maximum Gasteiger partial charge on any atom is 0.326 e. The van der Waals surface area contributed by atoms with Crippen LogP contribution in [0.25, 0.3) is 0 Å². The van der Waals surface area contributed by atoms with Crippen molar-refractivity contribution in [3.63, 3.8) is 0 Å². The van der Waals surface area contributed by atoms with Gasteiger partial charge in [-0.15, -0.1) is 0 Å². The van der Waals surface area contributed by atoms with Crippen molar-refractivity contribution in [3.05, 3.63) is 64.0 Å². The molecule has 0 bridgehead atoms. The van der Waals surface area contributed by atoms with Crippen molar-refractivity contribution in [2.45, 2.75) is 11.8 Å². The lowest BCUT2D eigenvalue weighted by Crippen LogP contribution is -2.36. The van der Waals surface area contributed by atoms with Crippen molar-refractivity contribution in [2.24, 2.45) is 0 Å². The van der Waals surface area contributed by atoms with E-state index in [0.29, 0.717) is 4.31 Å². The summed E-state index contributed by atoms with van der Waals surface area (Å²) in [5, 5.41) is 11.1. The number of halogens is 1. The van der Waals surface area contributed by atoms with Crippen LogP contribution in [0.15, 0.2) is 47.4 Å². The molecule has 0 aliphatic carbocycles. The van der Waals surface area contributed by atoms with Gasteiger partial charge in [0, 0.05) is 11.6 Å². The van der Waals surface area contributed by atoms with Gasteiger partial charge in [0.1, 0.15) is 12.4 Å². The van der Waals surface area contributed by atoms with Gasteiger partial charge in [-0.3, -0.25) is 19.2 Å². The molecule has 0 N–H and O–H groups in total. The van der Waals surface area contributed by atoms with E-state index in [1.54, 1.807) is 0 Å². The Morgan fingerprint density at radius 3 is 2.38 bits per heavy atom. The van der Waals surface area contributed by atoms with E-state index in [0.717, 1.165) is 25.3 Å². The number of hydrogen-bond acceptors (Lipinski definition) is 6. The van der Waals surface area contributed by atoms with Crippen LogP contribution >= 0.6 is 0 Å². The lowest BCUT2D eigenvalue weighted by atomic mass is 10.2. The minimum Gasteiger partial charge on any atom is -0.468 e. The number of hydrogen-bond donors (Lipinski definition) is 0. The largest absolute Gasteiger partial charge is 0.468 e. The number of carbonyl (C=O) groups is 1. The fourth-order valence-corrected chi connectivity index (χ4v) is 3.61. The van der Waals surface area contributed by atoms with Crippen LogP contribution in [-0.4, -0.2) is 33.0 Å². The molecule has 0 heterocycles. The summed E-state index contributed by atoms with van der Waals surface area (Å²) < 4.78 is 44.3. The molecule has 138 valence electrons. The minimum absolute atomic E-state index is 0.0139. The average molecular weight is 382 g/mol. The third-order valence-corrected chi connectivity index (χ3v) is 5.35. The minimum atomic E-state index is -4.34. The maximum absolute atomic E-state index is 13.1. The van der Waals surface area contributed by atoms with E-state index in [1.165, 1.54) is 31.2 Å². The Bertz CT molecular complexity index is 944. The number of carbonyl (C=O) groups excluding carboxylic acids is 1. The lowest BCUT2D eigenvalue weighted by Gasteiger charge is -2.23. The fraction of sp³-hybridized carbons (Fsp3) is 0.188. The lowest BCUT2D eigenvalue weighted by molar-refractivity contribution is -0.385. The molecule has 26 heavy (non-hydrogen) atoms. The van der Waals surface area contributed by atoms with E-state index in [1.807, 2.05) is 0 Å². The number of anilines is 1. The highest BCUT2D eigenvalue weighted by molar-refractivity contribution is 7.92. The summed E-state index contributed by atoms with van der Waals surface area (Å²) in [4.78, 5) is 21.7. The molecule has 2 rings (SSSR count). The molecule has 0 amide bonds. The van der Waals surface area contributed by atoms with E-state index in [2.05, 4.69) is 4.74 Å². The zero-order chi connectivity index (χ0) is 19.5. The van der Waals surface area contributed by atoms with Crippen LogP contribution < -0.4 is 4.31 Å². The van der Waals surface area contributed by atoms with Crippen LogP contribution in [0, 0.1) is 22.9 Å². The third kappa shape index (κ3) is 3.97. The first-order valence-corrected chi connectivity index (χ1v) is 8.71. The Morgan fingerprint density at radius 2 is 1.85 bits per heavy atom. The number of nitro benzene ring substituents is 1. The molecule has 0 fully saturated rings. The van der Waals surface area contributed by atoms with Crippen molar-refractivity contribution in [2.75, 3.05) is 18.0 Å². The van der Waals surface area contributed by atoms with Crippen LogP contribution in [-0.2, 0) is 19.6 Å². The zero-order valence-corrected chi connectivity index (χ0v) is 14.7. The van der Waals surface area contributed by atoms with Crippen LogP contribution in [0.3, 0.4) is 0 Å². The van der Waals surface area contributed by atoms with Gasteiger partial charge in [-0.2, -0.15) is 0 Å². The molecule has 0 saturated heterocycles. The summed E-state index contributed by atoms with van der Waals surface area (Å²) in [6.07, 6.45) is 0. The number of sulfonamides is 1. The second-order valence-corrected chi connectivity index (χ2v) is 7.13. The summed E-state index contributed by atoms with van der Waals surface area (Å²) in [6, 6.07) is 7.84. The number of nitro groups is 1. The predicted octanol–water partition coefficient (Wildman–Crippen LogP) is 2.41. The number of benzene rings is 2. The molecule has 0 unspecified atom stereocenters. The SMILES string of the molecule is COC(=O)CN(c1ccc(F)cc1)S(=O)(=O)c1ccc(C)c([N+](=O)[O-])c1. The molecule has 2 aromatic rings. The molecular weight excluding hydrogens is 367 g/mol. The van der Waals surface area contributed by atoms with Crippen LogP contribution in [0.1, 0.15) is 5.56 Å². The van der Waals surface area contributed by atoms with Gasteiger partial charge < -0.3 is 4.74 Å². The molecular formula is C16H15FN2O6S. The topological polar surface area (TPSA) is 107 Å². The Hall–Kier alpha value is -3.01. The molecule has 0 radical (unpaired) electrons. The highest BCUT2D eigenvalue weighted by atomic mass is 32.2. The summed E-state index contributed by atoms with van der Waals surface area (Å²) >= 11 is 0. The number of ether oxygens (including phenoxy) is 1. The number of aryl methyl sites for hydroxylation is 1. The standard InChI is InChI=1S/C16H15FN2O6S/c1-11-3-8-14(9-15(11)19(21)22)26(23,24)18(10-16(20)25-2)13-6-4-12(17)5-7-13/h3-9H,10H2,1-2H3. The molecule has 0 atom stereocenters. The van der Waals surface area contributed by atoms with Crippen molar-refractivity contribution in [3.8, 4) is 0 Å². The highest BCUT2D eigenvalue weighted by Gasteiger charge is 2.29. The van der Waals surface area contributed by atoms with E-state index in [4.69, 9.17) is 0 Å². The summed E-state index contributed by atoms with van der Waals surface area (Å²) in [7, 11) is -3.25. The fourth-order valence-electron chi connectivity index (χ4n) is 2.18. The number of rotatable bonds is 6. The van der Waals surface area contributed by atoms with Gasteiger partial charge in [0.15, 0.2) is 0 Å². The normalized spacial score (nSPS) is 11.0. The van der Waals surface area contributed by atoms with Gasteiger partial charge in [-0.05, 0) is 37.3 Å². The number of methoxy groups -OCH3 is 1. The van der Waals surface area contributed by atoms with Gasteiger partial charge in [0.2, 0.25) is 0 Å². The van der Waals surface area contributed by atoms with Gasteiger partial charge in [-0.1, -0.05) is 6.07 Å². The molecule has 0 aliphatic rings. The van der Waals surface area contributed by atoms with E-state index in [9.17, 15) is 27.7 Å². The van der Waals surface area contributed by atoms with Crippen molar-refractivity contribution in [1.29, 1.82) is 0 Å². The molecule has 0 aliphatic heterocycles.